The van der Waals surface area contributed by atoms with Crippen molar-refractivity contribution in [2.75, 3.05) is 0 Å². The third-order valence-corrected chi connectivity index (χ3v) is 4.82. The number of rotatable bonds is 8. The average molecular weight is 414 g/mol. The maximum Gasteiger partial charge on any atom is 0.196 e. The van der Waals surface area contributed by atoms with Crippen molar-refractivity contribution in [1.29, 1.82) is 0 Å². The van der Waals surface area contributed by atoms with Gasteiger partial charge in [-0.3, -0.25) is 0 Å². The van der Waals surface area contributed by atoms with Gasteiger partial charge >= 0.3 is 0 Å². The molecule has 26 heavy (non-hydrogen) atoms. The third kappa shape index (κ3) is 4.50. The molecular weight excluding hydrogens is 390 g/mol. The van der Waals surface area contributed by atoms with Crippen LogP contribution >= 0.6 is 15.9 Å². The van der Waals surface area contributed by atoms with Crippen molar-refractivity contribution in [3.63, 3.8) is 0 Å². The van der Waals surface area contributed by atoms with Crippen LogP contribution < -0.4 is 5.32 Å². The van der Waals surface area contributed by atoms with Crippen molar-refractivity contribution in [2.24, 2.45) is 0 Å². The van der Waals surface area contributed by atoms with Gasteiger partial charge in [0.1, 0.15) is 19.0 Å². The third-order valence-electron chi connectivity index (χ3n) is 4.29. The van der Waals surface area contributed by atoms with Crippen LogP contribution in [0.5, 0.6) is 0 Å². The van der Waals surface area contributed by atoms with E-state index in [1.165, 1.54) is 0 Å². The molecule has 1 aliphatic rings. The molecular formula is C22H24BrNO2. The Labute approximate surface area is 163 Å². The van der Waals surface area contributed by atoms with Gasteiger partial charge in [-0.15, -0.1) is 0 Å². The highest BCUT2D eigenvalue weighted by Gasteiger charge is 2.36. The summed E-state index contributed by atoms with van der Waals surface area (Å²) in [6, 6.07) is 20.5. The van der Waals surface area contributed by atoms with Gasteiger partial charge in [-0.25, -0.2) is 0 Å². The second-order valence-corrected chi connectivity index (χ2v) is 7.69. The highest BCUT2D eigenvalue weighted by Crippen LogP contribution is 2.33. The van der Waals surface area contributed by atoms with E-state index in [2.05, 4.69) is 52.4 Å². The van der Waals surface area contributed by atoms with Crippen LogP contribution in [0.15, 0.2) is 84.0 Å². The van der Waals surface area contributed by atoms with Crippen LogP contribution in [0.4, 0.5) is 0 Å². The van der Waals surface area contributed by atoms with E-state index in [1.54, 1.807) is 0 Å². The van der Waals surface area contributed by atoms with E-state index < -0.39 is 0 Å². The molecule has 0 amide bonds. The number of hydrogen-bond donors (Lipinski definition) is 1. The summed E-state index contributed by atoms with van der Waals surface area (Å²) in [6.45, 7) is 5.19. The summed E-state index contributed by atoms with van der Waals surface area (Å²) in [7, 11) is 0. The van der Waals surface area contributed by atoms with E-state index in [9.17, 15) is 0 Å². The van der Waals surface area contributed by atoms with Crippen molar-refractivity contribution in [3.8, 4) is 0 Å². The van der Waals surface area contributed by atoms with Gasteiger partial charge in [0.15, 0.2) is 5.88 Å². The zero-order chi connectivity index (χ0) is 18.4. The second kappa shape index (κ2) is 8.95. The molecule has 0 unspecified atom stereocenters. The van der Waals surface area contributed by atoms with E-state index >= 15 is 0 Å². The minimum atomic E-state index is 0.169. The van der Waals surface area contributed by atoms with E-state index in [0.29, 0.717) is 13.2 Å². The number of benzene rings is 2. The van der Waals surface area contributed by atoms with Crippen molar-refractivity contribution in [3.05, 3.63) is 95.1 Å². The zero-order valence-electron chi connectivity index (χ0n) is 15.1. The first kappa shape index (κ1) is 18.6. The van der Waals surface area contributed by atoms with Crippen LogP contribution in [-0.2, 0) is 22.7 Å². The van der Waals surface area contributed by atoms with Crippen LogP contribution in [0.3, 0.4) is 0 Å². The lowest BCUT2D eigenvalue weighted by Crippen LogP contribution is -2.48. The Bertz CT molecular complexity index is 769. The Balaban J connectivity index is 1.72. The summed E-state index contributed by atoms with van der Waals surface area (Å²) in [5, 5.41) is 3.40. The maximum absolute atomic E-state index is 6.11. The zero-order valence-corrected chi connectivity index (χ0v) is 16.7. The van der Waals surface area contributed by atoms with E-state index in [-0.39, 0.29) is 10.9 Å². The molecule has 1 N–H and O–H groups in total. The Hall–Kier alpha value is -2.20. The van der Waals surface area contributed by atoms with Crippen molar-refractivity contribution in [1.82, 2.24) is 5.32 Å². The van der Waals surface area contributed by atoms with Gasteiger partial charge in [0.25, 0.3) is 0 Å². The lowest BCUT2D eigenvalue weighted by Gasteiger charge is -2.37. The van der Waals surface area contributed by atoms with Crippen LogP contribution in [0, 0.1) is 0 Å². The standard InChI is InChI=1S/C22H24BrNO2/c1-3-19(25-14-17-10-6-4-7-11-17)20-21(16(2)23)24-22(20)26-15-18-12-8-5-9-13-18/h3-13,16,21,24H,14-15H2,1-2H3/t16-,21+/m1/s1. The molecule has 2 aromatic carbocycles. The Morgan fingerprint density at radius 2 is 1.62 bits per heavy atom. The largest absolute Gasteiger partial charge is 0.489 e. The van der Waals surface area contributed by atoms with E-state index in [0.717, 1.165) is 28.3 Å². The highest BCUT2D eigenvalue weighted by atomic mass is 79.9. The number of nitrogens with one attached hydrogen (secondary N) is 1. The minimum Gasteiger partial charge on any atom is -0.489 e. The predicted molar refractivity (Wildman–Crippen MR) is 109 cm³/mol. The SMILES string of the molecule is CC=C(OCc1ccccc1)C1=C(OCc2ccccc2)N[C@H]1[C@@H](C)Br. The minimum absolute atomic E-state index is 0.169. The van der Waals surface area contributed by atoms with Crippen LogP contribution in [-0.4, -0.2) is 10.9 Å². The fourth-order valence-corrected chi connectivity index (χ4v) is 3.26. The fourth-order valence-electron chi connectivity index (χ4n) is 2.87. The van der Waals surface area contributed by atoms with Gasteiger partial charge in [-0.1, -0.05) is 83.5 Å². The molecule has 0 spiro atoms. The number of hydrogen-bond acceptors (Lipinski definition) is 3. The summed E-state index contributed by atoms with van der Waals surface area (Å²) in [5.74, 6) is 1.67. The molecule has 0 saturated heterocycles. The lowest BCUT2D eigenvalue weighted by molar-refractivity contribution is 0.131. The van der Waals surface area contributed by atoms with Crippen LogP contribution in [0.25, 0.3) is 0 Å². The van der Waals surface area contributed by atoms with E-state index in [1.807, 2.05) is 49.4 Å². The number of halogens is 1. The molecule has 3 rings (SSSR count). The van der Waals surface area contributed by atoms with E-state index in [4.69, 9.17) is 9.47 Å². The van der Waals surface area contributed by atoms with Gasteiger partial charge in [0.2, 0.25) is 0 Å². The quantitative estimate of drug-likeness (QED) is 0.470. The fraction of sp³-hybridized carbons (Fsp3) is 0.273. The molecule has 0 fully saturated rings. The number of allylic oxidation sites excluding steroid dienone is 1. The maximum atomic E-state index is 6.11. The van der Waals surface area contributed by atoms with Crippen LogP contribution in [0.1, 0.15) is 25.0 Å². The molecule has 2 atom stereocenters. The molecule has 3 nitrogen and oxygen atoms in total. The summed E-state index contributed by atoms with van der Waals surface area (Å²) in [4.78, 5) is 0.275. The average Bonchev–Trinajstić information content (AvgIpc) is 2.65. The molecule has 0 aromatic heterocycles. The van der Waals surface area contributed by atoms with Crippen molar-refractivity contribution >= 4 is 15.9 Å². The van der Waals surface area contributed by atoms with Gasteiger partial charge in [0, 0.05) is 4.83 Å². The molecule has 0 bridgehead atoms. The smallest absolute Gasteiger partial charge is 0.196 e. The first-order valence-electron chi connectivity index (χ1n) is 8.84. The Morgan fingerprint density at radius 1 is 1.04 bits per heavy atom. The van der Waals surface area contributed by atoms with Gasteiger partial charge in [-0.05, 0) is 24.1 Å². The predicted octanol–water partition coefficient (Wildman–Crippen LogP) is 5.29. The summed E-state index contributed by atoms with van der Waals surface area (Å²) < 4.78 is 12.1. The normalized spacial score (nSPS) is 18.0. The molecule has 136 valence electrons. The van der Waals surface area contributed by atoms with Gasteiger partial charge in [-0.2, -0.15) is 0 Å². The number of alkyl halides is 1. The molecule has 0 saturated carbocycles. The molecule has 0 aliphatic carbocycles. The lowest BCUT2D eigenvalue weighted by atomic mass is 9.96. The monoisotopic (exact) mass is 413 g/mol. The first-order valence-corrected chi connectivity index (χ1v) is 9.75. The van der Waals surface area contributed by atoms with Crippen LogP contribution in [0.2, 0.25) is 0 Å². The van der Waals surface area contributed by atoms with Gasteiger partial charge < -0.3 is 14.8 Å². The second-order valence-electron chi connectivity index (χ2n) is 6.24. The number of ether oxygens (including phenoxy) is 2. The summed E-state index contributed by atoms with van der Waals surface area (Å²) in [6.07, 6.45) is 2.01. The topological polar surface area (TPSA) is 30.5 Å². The molecule has 0 radical (unpaired) electrons. The summed E-state index contributed by atoms with van der Waals surface area (Å²) >= 11 is 3.67. The van der Waals surface area contributed by atoms with Crippen molar-refractivity contribution < 1.29 is 9.47 Å². The van der Waals surface area contributed by atoms with Gasteiger partial charge in [0.05, 0.1) is 11.6 Å². The molecule has 1 aliphatic heterocycles. The highest BCUT2D eigenvalue weighted by molar-refractivity contribution is 9.09. The molecule has 1 heterocycles. The summed E-state index contributed by atoms with van der Waals surface area (Å²) in [5.41, 5.74) is 3.38. The molecule has 4 heteroatoms. The van der Waals surface area contributed by atoms with Crippen molar-refractivity contribution in [2.45, 2.75) is 37.9 Å². The Kier molecular flexibility index (Phi) is 6.40. The Morgan fingerprint density at radius 3 is 2.15 bits per heavy atom. The molecule has 2 aromatic rings. The first-order chi connectivity index (χ1) is 12.7.